The van der Waals surface area contributed by atoms with Crippen molar-refractivity contribution in [2.24, 2.45) is 11.8 Å². The van der Waals surface area contributed by atoms with Gasteiger partial charge in [0.25, 0.3) is 0 Å². The molecule has 0 saturated carbocycles. The highest BCUT2D eigenvalue weighted by atomic mass is 15.2. The molecular weight excluding hydrogens is 220 g/mol. The minimum atomic E-state index is 0.280. The lowest BCUT2D eigenvalue weighted by atomic mass is 9.93. The maximum Gasteiger partial charge on any atom is 0.0252 e. The minimum absolute atomic E-state index is 0.280. The normalized spacial score (nSPS) is 26.5. The summed E-state index contributed by atoms with van der Waals surface area (Å²) in [5.74, 6) is 1.64. The van der Waals surface area contributed by atoms with Crippen molar-refractivity contribution in [2.75, 3.05) is 19.6 Å². The SMILES string of the molecule is CCCC1CNC(C)(C)CN1CC(C)CC(C)C. The fraction of sp³-hybridized carbons (Fsp3) is 1.00. The second kappa shape index (κ2) is 6.91. The monoisotopic (exact) mass is 254 g/mol. The largest absolute Gasteiger partial charge is 0.309 e. The van der Waals surface area contributed by atoms with Crippen LogP contribution in [0.15, 0.2) is 0 Å². The molecule has 1 N–H and O–H groups in total. The molecule has 0 amide bonds. The van der Waals surface area contributed by atoms with Crippen LogP contribution in [0.5, 0.6) is 0 Å². The molecule has 0 radical (unpaired) electrons. The van der Waals surface area contributed by atoms with E-state index in [9.17, 15) is 0 Å². The Morgan fingerprint density at radius 3 is 2.50 bits per heavy atom. The van der Waals surface area contributed by atoms with E-state index >= 15 is 0 Å². The molecule has 108 valence electrons. The zero-order valence-corrected chi connectivity index (χ0v) is 13.4. The number of rotatable bonds is 6. The molecule has 0 aromatic heterocycles. The van der Waals surface area contributed by atoms with E-state index in [0.717, 1.165) is 24.4 Å². The van der Waals surface area contributed by atoms with Crippen molar-refractivity contribution in [3.8, 4) is 0 Å². The number of nitrogens with zero attached hydrogens (tertiary/aromatic N) is 1. The van der Waals surface area contributed by atoms with Crippen LogP contribution < -0.4 is 5.32 Å². The Morgan fingerprint density at radius 1 is 1.28 bits per heavy atom. The van der Waals surface area contributed by atoms with Crippen molar-refractivity contribution in [1.82, 2.24) is 10.2 Å². The summed E-state index contributed by atoms with van der Waals surface area (Å²) < 4.78 is 0. The van der Waals surface area contributed by atoms with Crippen molar-refractivity contribution in [1.29, 1.82) is 0 Å². The average molecular weight is 254 g/mol. The molecule has 1 aliphatic rings. The quantitative estimate of drug-likeness (QED) is 0.780. The lowest BCUT2D eigenvalue weighted by Gasteiger charge is -2.45. The van der Waals surface area contributed by atoms with E-state index in [-0.39, 0.29) is 5.54 Å². The van der Waals surface area contributed by atoms with Gasteiger partial charge in [-0.05, 0) is 38.5 Å². The summed E-state index contributed by atoms with van der Waals surface area (Å²) in [5.41, 5.74) is 0.280. The first-order valence-electron chi connectivity index (χ1n) is 7.83. The lowest BCUT2D eigenvalue weighted by Crippen LogP contribution is -2.62. The maximum absolute atomic E-state index is 3.70. The Labute approximate surface area is 115 Å². The predicted octanol–water partition coefficient (Wildman–Crippen LogP) is 3.52. The molecule has 0 aromatic rings. The molecule has 1 rings (SSSR count). The van der Waals surface area contributed by atoms with Gasteiger partial charge in [-0.2, -0.15) is 0 Å². The smallest absolute Gasteiger partial charge is 0.0252 e. The van der Waals surface area contributed by atoms with Crippen molar-refractivity contribution in [3.63, 3.8) is 0 Å². The van der Waals surface area contributed by atoms with Crippen LogP contribution in [0.3, 0.4) is 0 Å². The summed E-state index contributed by atoms with van der Waals surface area (Å²) in [6.45, 7) is 17.7. The zero-order chi connectivity index (χ0) is 13.8. The van der Waals surface area contributed by atoms with E-state index in [2.05, 4.69) is 51.8 Å². The summed E-state index contributed by atoms with van der Waals surface area (Å²) in [5, 5.41) is 3.70. The number of piperazine rings is 1. The third kappa shape index (κ3) is 5.27. The van der Waals surface area contributed by atoms with Gasteiger partial charge in [0.1, 0.15) is 0 Å². The summed E-state index contributed by atoms with van der Waals surface area (Å²) in [6.07, 6.45) is 3.97. The van der Waals surface area contributed by atoms with Gasteiger partial charge >= 0.3 is 0 Å². The lowest BCUT2D eigenvalue weighted by molar-refractivity contribution is 0.0731. The van der Waals surface area contributed by atoms with E-state index < -0.39 is 0 Å². The molecule has 0 spiro atoms. The fourth-order valence-corrected chi connectivity index (χ4v) is 3.33. The van der Waals surface area contributed by atoms with Gasteiger partial charge in [0, 0.05) is 31.2 Å². The van der Waals surface area contributed by atoms with Crippen LogP contribution in [0.1, 0.15) is 60.8 Å². The average Bonchev–Trinajstić information content (AvgIpc) is 2.20. The van der Waals surface area contributed by atoms with E-state index in [1.807, 2.05) is 0 Å². The predicted molar refractivity (Wildman–Crippen MR) is 81.0 cm³/mol. The summed E-state index contributed by atoms with van der Waals surface area (Å²) in [6, 6.07) is 0.748. The fourth-order valence-electron chi connectivity index (χ4n) is 3.33. The van der Waals surface area contributed by atoms with Crippen LogP contribution in [0.25, 0.3) is 0 Å². The second-order valence-corrected chi connectivity index (χ2v) is 7.37. The van der Waals surface area contributed by atoms with Crippen LogP contribution in [0, 0.1) is 11.8 Å². The van der Waals surface area contributed by atoms with Gasteiger partial charge in [-0.3, -0.25) is 4.90 Å². The van der Waals surface area contributed by atoms with E-state index in [1.54, 1.807) is 0 Å². The maximum atomic E-state index is 3.70. The van der Waals surface area contributed by atoms with Crippen molar-refractivity contribution in [2.45, 2.75) is 72.4 Å². The molecule has 2 atom stereocenters. The highest BCUT2D eigenvalue weighted by molar-refractivity contribution is 4.92. The molecule has 1 heterocycles. The number of hydrogen-bond donors (Lipinski definition) is 1. The standard InChI is InChI=1S/C16H34N2/c1-7-8-15-10-17-16(5,6)12-18(15)11-14(4)9-13(2)3/h13-15,17H,7-12H2,1-6H3. The third-order valence-electron chi connectivity index (χ3n) is 3.97. The second-order valence-electron chi connectivity index (χ2n) is 7.37. The van der Waals surface area contributed by atoms with Crippen LogP contribution >= 0.6 is 0 Å². The van der Waals surface area contributed by atoms with Crippen LogP contribution in [0.2, 0.25) is 0 Å². The van der Waals surface area contributed by atoms with E-state index in [1.165, 1.54) is 32.4 Å². The minimum Gasteiger partial charge on any atom is -0.309 e. The number of nitrogens with one attached hydrogen (secondary N) is 1. The molecule has 0 bridgehead atoms. The highest BCUT2D eigenvalue weighted by Crippen LogP contribution is 2.21. The first-order valence-corrected chi connectivity index (χ1v) is 7.83. The zero-order valence-electron chi connectivity index (χ0n) is 13.4. The third-order valence-corrected chi connectivity index (χ3v) is 3.97. The van der Waals surface area contributed by atoms with Gasteiger partial charge in [-0.15, -0.1) is 0 Å². The van der Waals surface area contributed by atoms with Gasteiger partial charge in [-0.25, -0.2) is 0 Å². The number of hydrogen-bond acceptors (Lipinski definition) is 2. The molecule has 2 heteroatoms. The molecule has 2 nitrogen and oxygen atoms in total. The van der Waals surface area contributed by atoms with Gasteiger partial charge in [0.2, 0.25) is 0 Å². The van der Waals surface area contributed by atoms with Gasteiger partial charge < -0.3 is 5.32 Å². The molecule has 1 aliphatic heterocycles. The van der Waals surface area contributed by atoms with Crippen molar-refractivity contribution >= 4 is 0 Å². The molecular formula is C16H34N2. The Morgan fingerprint density at radius 2 is 1.94 bits per heavy atom. The molecule has 2 unspecified atom stereocenters. The molecule has 18 heavy (non-hydrogen) atoms. The molecule has 1 fully saturated rings. The Bertz CT molecular complexity index is 235. The first kappa shape index (κ1) is 16.0. The molecule has 1 saturated heterocycles. The summed E-state index contributed by atoms with van der Waals surface area (Å²) >= 11 is 0. The summed E-state index contributed by atoms with van der Waals surface area (Å²) in [4.78, 5) is 2.74. The topological polar surface area (TPSA) is 15.3 Å². The van der Waals surface area contributed by atoms with Crippen LogP contribution in [0.4, 0.5) is 0 Å². The Hall–Kier alpha value is -0.0800. The van der Waals surface area contributed by atoms with Gasteiger partial charge in [0.15, 0.2) is 0 Å². The van der Waals surface area contributed by atoms with Gasteiger partial charge in [0.05, 0.1) is 0 Å². The van der Waals surface area contributed by atoms with Gasteiger partial charge in [-0.1, -0.05) is 34.1 Å². The van der Waals surface area contributed by atoms with Crippen LogP contribution in [-0.2, 0) is 0 Å². The first-order chi connectivity index (χ1) is 8.34. The van der Waals surface area contributed by atoms with Crippen molar-refractivity contribution in [3.05, 3.63) is 0 Å². The van der Waals surface area contributed by atoms with E-state index in [0.29, 0.717) is 0 Å². The van der Waals surface area contributed by atoms with Crippen LogP contribution in [-0.4, -0.2) is 36.1 Å². The van der Waals surface area contributed by atoms with Crippen molar-refractivity contribution < 1.29 is 0 Å². The molecule has 0 aliphatic carbocycles. The summed E-state index contributed by atoms with van der Waals surface area (Å²) in [7, 11) is 0. The highest BCUT2D eigenvalue weighted by Gasteiger charge is 2.32. The van der Waals surface area contributed by atoms with E-state index in [4.69, 9.17) is 0 Å². The Balaban J connectivity index is 2.55. The molecule has 0 aromatic carbocycles. The Kier molecular flexibility index (Phi) is 6.13.